The number of benzene rings is 2. The van der Waals surface area contributed by atoms with Crippen LogP contribution in [0, 0.1) is 26.6 Å². The van der Waals surface area contributed by atoms with Crippen molar-refractivity contribution in [2.24, 2.45) is 5.73 Å². The normalized spacial score (nSPS) is 12.1. The molecule has 30 heavy (non-hydrogen) atoms. The molecule has 2 aromatic rings. The highest BCUT2D eigenvalue weighted by Gasteiger charge is 2.23. The second kappa shape index (κ2) is 9.73. The quantitative estimate of drug-likeness (QED) is 0.300. The van der Waals surface area contributed by atoms with Crippen molar-refractivity contribution in [3.8, 4) is 5.75 Å². The molecule has 0 bridgehead atoms. The van der Waals surface area contributed by atoms with Gasteiger partial charge in [-0.2, -0.15) is 0 Å². The number of ether oxygens (including phenoxy) is 1. The van der Waals surface area contributed by atoms with Crippen LogP contribution in [0.2, 0.25) is 0 Å². The van der Waals surface area contributed by atoms with E-state index < -0.39 is 11.7 Å². The van der Waals surface area contributed by atoms with E-state index in [2.05, 4.69) is 5.32 Å². The third-order valence-electron chi connectivity index (χ3n) is 4.55. The molecule has 0 fully saturated rings. The molecule has 0 saturated heterocycles. The fourth-order valence-electron chi connectivity index (χ4n) is 2.79. The first-order valence-electron chi connectivity index (χ1n) is 9.30. The molecule has 0 atom stereocenters. The van der Waals surface area contributed by atoms with Gasteiger partial charge >= 0.3 is 0 Å². The standard InChI is InChI=1S/C23H26FN3O3/c1-14-9-10-18(17(24)13-14)26-23(27(4)5)21(22(25)29)20(11-12-28)30-19-8-6-7-15(2)16(19)3/h6-13,26H,1-5H3,(H2,25,29)/b20-11+,23-21+. The number of nitrogens with two attached hydrogens (primary N) is 1. The van der Waals surface area contributed by atoms with Crippen molar-refractivity contribution in [3.63, 3.8) is 0 Å². The number of carbonyl (C=O) groups excluding carboxylic acids is 2. The van der Waals surface area contributed by atoms with Gasteiger partial charge in [0.2, 0.25) is 0 Å². The van der Waals surface area contributed by atoms with E-state index in [9.17, 15) is 14.0 Å². The number of amides is 1. The lowest BCUT2D eigenvalue weighted by Gasteiger charge is -2.24. The van der Waals surface area contributed by atoms with Gasteiger partial charge in [0.25, 0.3) is 5.91 Å². The van der Waals surface area contributed by atoms with E-state index >= 15 is 0 Å². The van der Waals surface area contributed by atoms with Crippen molar-refractivity contribution >= 4 is 17.9 Å². The molecule has 2 aromatic carbocycles. The van der Waals surface area contributed by atoms with Crippen molar-refractivity contribution < 1.29 is 18.7 Å². The lowest BCUT2D eigenvalue weighted by atomic mass is 10.1. The van der Waals surface area contributed by atoms with E-state index in [-0.39, 0.29) is 22.8 Å². The summed E-state index contributed by atoms with van der Waals surface area (Å²) >= 11 is 0. The van der Waals surface area contributed by atoms with Crippen LogP contribution in [-0.2, 0) is 9.59 Å². The molecule has 0 aliphatic carbocycles. The predicted octanol–water partition coefficient (Wildman–Crippen LogP) is 3.58. The van der Waals surface area contributed by atoms with Crippen LogP contribution < -0.4 is 15.8 Å². The minimum Gasteiger partial charge on any atom is -0.456 e. The number of aryl methyl sites for hydroxylation is 2. The van der Waals surface area contributed by atoms with Gasteiger partial charge in [-0.25, -0.2) is 4.39 Å². The average molecular weight is 411 g/mol. The van der Waals surface area contributed by atoms with Crippen LogP contribution in [0.15, 0.2) is 59.6 Å². The zero-order valence-corrected chi connectivity index (χ0v) is 17.7. The minimum absolute atomic E-state index is 0.0464. The number of nitrogens with zero attached hydrogens (tertiary/aromatic N) is 1. The molecule has 0 unspecified atom stereocenters. The Morgan fingerprint density at radius 3 is 2.43 bits per heavy atom. The Bertz CT molecular complexity index is 1030. The third kappa shape index (κ3) is 5.26. The van der Waals surface area contributed by atoms with Crippen LogP contribution in [0.5, 0.6) is 5.75 Å². The molecular weight excluding hydrogens is 385 g/mol. The Kier molecular flexibility index (Phi) is 7.36. The summed E-state index contributed by atoms with van der Waals surface area (Å²) in [5.41, 5.74) is 8.30. The molecule has 2 rings (SSSR count). The molecule has 0 aliphatic rings. The maximum atomic E-state index is 14.4. The number of anilines is 1. The zero-order valence-electron chi connectivity index (χ0n) is 17.7. The Hall–Kier alpha value is -3.61. The van der Waals surface area contributed by atoms with Gasteiger partial charge in [0.05, 0.1) is 5.69 Å². The Labute approximate surface area is 175 Å². The SMILES string of the molecule is Cc1ccc(N/C(=C(C(N)=O)/C(=C\C=O)Oc2cccc(C)c2C)N(C)C)c(F)c1. The third-order valence-corrected chi connectivity index (χ3v) is 4.55. The molecule has 0 radical (unpaired) electrons. The summed E-state index contributed by atoms with van der Waals surface area (Å²) in [6.45, 7) is 5.56. The Morgan fingerprint density at radius 2 is 1.87 bits per heavy atom. The molecule has 6 nitrogen and oxygen atoms in total. The number of carbonyl (C=O) groups is 2. The number of allylic oxidation sites excluding steroid dienone is 1. The van der Waals surface area contributed by atoms with Crippen molar-refractivity contribution in [1.29, 1.82) is 0 Å². The van der Waals surface area contributed by atoms with E-state index in [1.165, 1.54) is 6.07 Å². The largest absolute Gasteiger partial charge is 0.456 e. The highest BCUT2D eigenvalue weighted by Crippen LogP contribution is 2.27. The zero-order chi connectivity index (χ0) is 22.4. The van der Waals surface area contributed by atoms with Gasteiger partial charge in [-0.05, 0) is 55.7 Å². The van der Waals surface area contributed by atoms with Gasteiger partial charge in [0.15, 0.2) is 0 Å². The minimum atomic E-state index is -0.836. The average Bonchev–Trinajstić information content (AvgIpc) is 2.66. The molecule has 0 spiro atoms. The Morgan fingerprint density at radius 1 is 1.17 bits per heavy atom. The van der Waals surface area contributed by atoms with Gasteiger partial charge in [0, 0.05) is 20.2 Å². The summed E-state index contributed by atoms with van der Waals surface area (Å²) in [4.78, 5) is 25.3. The number of primary amides is 1. The van der Waals surface area contributed by atoms with Gasteiger partial charge in [-0.15, -0.1) is 0 Å². The Balaban J connectivity index is 2.62. The van der Waals surface area contributed by atoms with Crippen LogP contribution in [-0.4, -0.2) is 31.2 Å². The first-order chi connectivity index (χ1) is 14.1. The summed E-state index contributed by atoms with van der Waals surface area (Å²) in [5.74, 6) is -0.716. The number of hydrogen-bond acceptors (Lipinski definition) is 5. The smallest absolute Gasteiger partial charge is 0.256 e. The monoisotopic (exact) mass is 411 g/mol. The summed E-state index contributed by atoms with van der Waals surface area (Å²) in [6.07, 6.45) is 1.61. The summed E-state index contributed by atoms with van der Waals surface area (Å²) in [5, 5.41) is 2.90. The van der Waals surface area contributed by atoms with E-state index in [1.54, 1.807) is 50.2 Å². The molecule has 158 valence electrons. The number of halogens is 1. The summed E-state index contributed by atoms with van der Waals surface area (Å²) in [6, 6.07) is 10.1. The molecule has 0 saturated carbocycles. The number of aldehydes is 1. The van der Waals surface area contributed by atoms with Crippen LogP contribution in [0.4, 0.5) is 10.1 Å². The maximum absolute atomic E-state index is 14.4. The van der Waals surface area contributed by atoms with Crippen molar-refractivity contribution in [2.45, 2.75) is 20.8 Å². The molecule has 0 heterocycles. The topological polar surface area (TPSA) is 84.7 Å². The number of rotatable bonds is 8. The first-order valence-corrected chi connectivity index (χ1v) is 9.30. The molecule has 0 aromatic heterocycles. The van der Waals surface area contributed by atoms with Crippen LogP contribution in [0.25, 0.3) is 0 Å². The number of hydrogen-bond donors (Lipinski definition) is 2. The summed E-state index contributed by atoms with van der Waals surface area (Å²) in [7, 11) is 3.32. The van der Waals surface area contributed by atoms with Crippen molar-refractivity contribution in [1.82, 2.24) is 4.90 Å². The van der Waals surface area contributed by atoms with E-state index in [0.717, 1.165) is 22.8 Å². The lowest BCUT2D eigenvalue weighted by Crippen LogP contribution is -2.29. The van der Waals surface area contributed by atoms with Crippen molar-refractivity contribution in [2.75, 3.05) is 19.4 Å². The fraction of sp³-hybridized carbons (Fsp3) is 0.217. The highest BCUT2D eigenvalue weighted by molar-refractivity contribution is 5.98. The second-order valence-electron chi connectivity index (χ2n) is 7.06. The molecule has 0 aliphatic heterocycles. The van der Waals surface area contributed by atoms with E-state index in [1.807, 2.05) is 19.9 Å². The van der Waals surface area contributed by atoms with E-state index in [0.29, 0.717) is 12.0 Å². The van der Waals surface area contributed by atoms with Crippen LogP contribution in [0.1, 0.15) is 16.7 Å². The molecule has 7 heteroatoms. The van der Waals surface area contributed by atoms with Gasteiger partial charge in [0.1, 0.15) is 35.0 Å². The maximum Gasteiger partial charge on any atom is 0.256 e. The van der Waals surface area contributed by atoms with Gasteiger partial charge in [-0.1, -0.05) is 18.2 Å². The predicted molar refractivity (Wildman–Crippen MR) is 115 cm³/mol. The molecule has 1 amide bonds. The highest BCUT2D eigenvalue weighted by atomic mass is 19.1. The van der Waals surface area contributed by atoms with Crippen molar-refractivity contribution in [3.05, 3.63) is 82.1 Å². The molecular formula is C23H26FN3O3. The summed E-state index contributed by atoms with van der Waals surface area (Å²) < 4.78 is 20.3. The van der Waals surface area contributed by atoms with E-state index in [4.69, 9.17) is 10.5 Å². The van der Waals surface area contributed by atoms with Crippen LogP contribution >= 0.6 is 0 Å². The van der Waals surface area contributed by atoms with Crippen LogP contribution in [0.3, 0.4) is 0 Å². The second-order valence-corrected chi connectivity index (χ2v) is 7.06. The first kappa shape index (κ1) is 22.7. The molecule has 3 N–H and O–H groups in total. The lowest BCUT2D eigenvalue weighted by molar-refractivity contribution is -0.114. The van der Waals surface area contributed by atoms with Gasteiger partial charge < -0.3 is 20.7 Å². The van der Waals surface area contributed by atoms with Gasteiger partial charge in [-0.3, -0.25) is 9.59 Å². The number of nitrogens with one attached hydrogen (secondary N) is 1. The fourth-order valence-corrected chi connectivity index (χ4v) is 2.79.